The molecule has 2 saturated carbocycles. The van der Waals surface area contributed by atoms with E-state index in [2.05, 4.69) is 106 Å². The van der Waals surface area contributed by atoms with Gasteiger partial charge in [-0.15, -0.1) is 0 Å². The second-order valence-corrected chi connectivity index (χ2v) is 12.3. The second kappa shape index (κ2) is 7.84. The van der Waals surface area contributed by atoms with Crippen molar-refractivity contribution in [3.8, 4) is 22.3 Å². The second-order valence-electron chi connectivity index (χ2n) is 10.5. The van der Waals surface area contributed by atoms with Crippen LogP contribution in [0.15, 0.2) is 69.6 Å². The summed E-state index contributed by atoms with van der Waals surface area (Å²) in [6, 6.07) is 23.1. The Morgan fingerprint density at radius 1 is 0.812 bits per heavy atom. The lowest BCUT2D eigenvalue weighted by molar-refractivity contribution is 0.0368. The Morgan fingerprint density at radius 2 is 1.53 bits per heavy atom. The molecule has 5 atom stereocenters. The van der Waals surface area contributed by atoms with E-state index in [-0.39, 0.29) is 5.41 Å². The van der Waals surface area contributed by atoms with E-state index in [0.29, 0.717) is 5.92 Å². The zero-order valence-corrected chi connectivity index (χ0v) is 22.0. The first kappa shape index (κ1) is 21.2. The lowest BCUT2D eigenvalue weighted by Crippen LogP contribution is -2.49. The molecule has 2 heteroatoms. The highest BCUT2D eigenvalue weighted by Crippen LogP contribution is 2.65. The van der Waals surface area contributed by atoms with Gasteiger partial charge in [-0.2, -0.15) is 0 Å². The van der Waals surface area contributed by atoms with Crippen molar-refractivity contribution in [1.82, 2.24) is 0 Å². The fourth-order valence-electron chi connectivity index (χ4n) is 7.87. The molecule has 0 heterocycles. The molecule has 32 heavy (non-hydrogen) atoms. The van der Waals surface area contributed by atoms with Crippen LogP contribution in [-0.4, -0.2) is 0 Å². The predicted octanol–water partition coefficient (Wildman–Crippen LogP) is 9.63. The van der Waals surface area contributed by atoms with Crippen molar-refractivity contribution in [2.75, 3.05) is 0 Å². The molecule has 0 saturated heterocycles. The Bertz CT molecular complexity index is 1170. The van der Waals surface area contributed by atoms with E-state index in [1.54, 1.807) is 11.1 Å². The van der Waals surface area contributed by atoms with E-state index >= 15 is 0 Å². The molecule has 0 amide bonds. The maximum Gasteiger partial charge on any atom is 0.0269 e. The van der Waals surface area contributed by atoms with Crippen LogP contribution in [0.2, 0.25) is 0 Å². The number of fused-ring (bicyclic) bond motifs is 8. The average molecular weight is 550 g/mol. The molecular weight excluding hydrogens is 520 g/mol. The van der Waals surface area contributed by atoms with Crippen LogP contribution in [0, 0.1) is 23.7 Å². The van der Waals surface area contributed by atoms with E-state index < -0.39 is 0 Å². The quantitative estimate of drug-likeness (QED) is 0.298. The van der Waals surface area contributed by atoms with Crippen molar-refractivity contribution in [2.24, 2.45) is 23.7 Å². The molecule has 5 unspecified atom stereocenters. The fourth-order valence-corrected chi connectivity index (χ4v) is 9.16. The lowest BCUT2D eigenvalue weighted by Gasteiger charge is -2.54. The van der Waals surface area contributed by atoms with E-state index in [9.17, 15) is 0 Å². The third kappa shape index (κ3) is 2.98. The zero-order chi connectivity index (χ0) is 22.0. The highest BCUT2D eigenvalue weighted by Gasteiger charge is 2.56. The molecule has 3 aliphatic carbocycles. The van der Waals surface area contributed by atoms with Crippen molar-refractivity contribution >= 4 is 31.9 Å². The minimum absolute atomic E-state index is 0.162. The van der Waals surface area contributed by atoms with Gasteiger partial charge in [0.05, 0.1) is 0 Å². The normalized spacial score (nSPS) is 30.2. The molecule has 164 valence electrons. The molecule has 3 aromatic carbocycles. The topological polar surface area (TPSA) is 0 Å². The Balaban J connectivity index is 1.63. The standard InChI is InChI=1S/C30H30Br2/c1-3-19-12-20-11-18(2)30(22(13-19)14-20)27-9-5-4-7-26(27)29-25(8-6-10-28(29)30)21-15-23(31)17-24(32)16-21/h4-10,15-20,22H,3,11-14H2,1-2H3. The van der Waals surface area contributed by atoms with Gasteiger partial charge in [0.1, 0.15) is 0 Å². The SMILES string of the molecule is CCC1CC2CC(C)C3(c4ccccc4-c4c(-c5cc(Br)cc(Br)c5)cccc43)C(C1)C2. The van der Waals surface area contributed by atoms with Gasteiger partial charge in [0, 0.05) is 14.4 Å². The highest BCUT2D eigenvalue weighted by molar-refractivity contribution is 9.11. The Labute approximate surface area is 209 Å². The minimum atomic E-state index is 0.162. The van der Waals surface area contributed by atoms with E-state index in [1.807, 2.05) is 0 Å². The maximum atomic E-state index is 3.72. The first-order valence-corrected chi connectivity index (χ1v) is 13.8. The van der Waals surface area contributed by atoms with Crippen LogP contribution in [0.4, 0.5) is 0 Å². The predicted molar refractivity (Wildman–Crippen MR) is 142 cm³/mol. The van der Waals surface area contributed by atoms with Crippen molar-refractivity contribution in [1.29, 1.82) is 0 Å². The van der Waals surface area contributed by atoms with Crippen molar-refractivity contribution in [2.45, 2.75) is 51.4 Å². The van der Waals surface area contributed by atoms with Gasteiger partial charge in [-0.25, -0.2) is 0 Å². The van der Waals surface area contributed by atoms with Gasteiger partial charge in [0.2, 0.25) is 0 Å². The molecule has 3 aliphatic rings. The van der Waals surface area contributed by atoms with Crippen LogP contribution in [0.1, 0.15) is 57.1 Å². The number of halogens is 2. The Kier molecular flexibility index (Phi) is 5.19. The number of hydrogen-bond acceptors (Lipinski definition) is 0. The molecule has 0 nitrogen and oxygen atoms in total. The van der Waals surface area contributed by atoms with Gasteiger partial charge < -0.3 is 0 Å². The van der Waals surface area contributed by atoms with Crippen molar-refractivity contribution in [3.05, 3.63) is 80.7 Å². The van der Waals surface area contributed by atoms with Crippen molar-refractivity contribution < 1.29 is 0 Å². The van der Waals surface area contributed by atoms with Crippen molar-refractivity contribution in [3.63, 3.8) is 0 Å². The van der Waals surface area contributed by atoms with E-state index in [4.69, 9.17) is 0 Å². The maximum absolute atomic E-state index is 3.72. The summed E-state index contributed by atoms with van der Waals surface area (Å²) >= 11 is 7.44. The molecule has 0 N–H and O–H groups in total. The number of hydrogen-bond donors (Lipinski definition) is 0. The number of benzene rings is 3. The Hall–Kier alpha value is -1.38. The monoisotopic (exact) mass is 548 g/mol. The average Bonchev–Trinajstić information content (AvgIpc) is 3.08. The molecule has 0 aliphatic heterocycles. The summed E-state index contributed by atoms with van der Waals surface area (Å²) in [5.74, 6) is 3.24. The molecule has 3 aromatic rings. The first-order valence-electron chi connectivity index (χ1n) is 12.2. The van der Waals surface area contributed by atoms with E-state index in [0.717, 1.165) is 26.7 Å². The molecule has 0 radical (unpaired) electrons. The van der Waals surface area contributed by atoms with Gasteiger partial charge in [0.15, 0.2) is 0 Å². The van der Waals surface area contributed by atoms with Crippen LogP contribution >= 0.6 is 31.9 Å². The van der Waals surface area contributed by atoms with E-state index in [1.165, 1.54) is 54.4 Å². The van der Waals surface area contributed by atoms with Gasteiger partial charge in [0.25, 0.3) is 0 Å². The summed E-state index contributed by atoms with van der Waals surface area (Å²) in [6.45, 7) is 4.96. The summed E-state index contributed by atoms with van der Waals surface area (Å²) in [7, 11) is 0. The van der Waals surface area contributed by atoms with Crippen LogP contribution in [0.3, 0.4) is 0 Å². The fraction of sp³-hybridized carbons (Fsp3) is 0.400. The highest BCUT2D eigenvalue weighted by atomic mass is 79.9. The molecule has 6 rings (SSSR count). The molecule has 1 spiro atoms. The molecule has 2 fully saturated rings. The first-order chi connectivity index (χ1) is 15.5. The van der Waals surface area contributed by atoms with Gasteiger partial charge >= 0.3 is 0 Å². The minimum Gasteiger partial charge on any atom is -0.0651 e. The number of rotatable bonds is 2. The summed E-state index contributed by atoms with van der Waals surface area (Å²) in [5, 5.41) is 0. The van der Waals surface area contributed by atoms with Gasteiger partial charge in [-0.3, -0.25) is 0 Å². The largest absolute Gasteiger partial charge is 0.0651 e. The van der Waals surface area contributed by atoms with Gasteiger partial charge in [-0.1, -0.05) is 94.6 Å². The molecule has 2 bridgehead atoms. The van der Waals surface area contributed by atoms with Gasteiger partial charge in [-0.05, 0) is 101 Å². The molecular formula is C30H30Br2. The smallest absolute Gasteiger partial charge is 0.0269 e. The lowest BCUT2D eigenvalue weighted by atomic mass is 9.49. The summed E-state index contributed by atoms with van der Waals surface area (Å²) in [6.07, 6.45) is 6.94. The Morgan fingerprint density at radius 3 is 2.31 bits per heavy atom. The molecule has 0 aromatic heterocycles. The summed E-state index contributed by atoms with van der Waals surface area (Å²) < 4.78 is 2.24. The summed E-state index contributed by atoms with van der Waals surface area (Å²) in [4.78, 5) is 0. The zero-order valence-electron chi connectivity index (χ0n) is 18.9. The summed E-state index contributed by atoms with van der Waals surface area (Å²) in [5.41, 5.74) is 8.96. The van der Waals surface area contributed by atoms with Crippen LogP contribution in [0.5, 0.6) is 0 Å². The third-order valence-corrected chi connectivity index (χ3v) is 9.83. The third-order valence-electron chi connectivity index (χ3n) is 8.91. The van der Waals surface area contributed by atoms with Crippen LogP contribution < -0.4 is 0 Å². The van der Waals surface area contributed by atoms with Crippen LogP contribution in [-0.2, 0) is 5.41 Å². The van der Waals surface area contributed by atoms with Crippen LogP contribution in [0.25, 0.3) is 22.3 Å².